The molecule has 5 rings (SSSR count). The molecule has 0 saturated heterocycles. The topological polar surface area (TPSA) is 25.8 Å². The predicted molar refractivity (Wildman–Crippen MR) is 108 cm³/mol. The van der Waals surface area contributed by atoms with Crippen molar-refractivity contribution in [3.63, 3.8) is 0 Å². The highest BCUT2D eigenvalue weighted by Gasteiger charge is 2.08. The Bertz CT molecular complexity index is 1120. The highest BCUT2D eigenvalue weighted by molar-refractivity contribution is 5.97. The lowest BCUT2D eigenvalue weighted by Gasteiger charge is -2.08. The van der Waals surface area contributed by atoms with Crippen molar-refractivity contribution in [2.75, 3.05) is 0 Å². The molecule has 0 spiro atoms. The first-order valence-corrected chi connectivity index (χ1v) is 8.68. The van der Waals surface area contributed by atoms with Crippen LogP contribution in [0.2, 0.25) is 0 Å². The summed E-state index contributed by atoms with van der Waals surface area (Å²) in [5, 5.41) is 4.82. The highest BCUT2D eigenvalue weighted by atomic mass is 14.9. The van der Waals surface area contributed by atoms with Crippen molar-refractivity contribution in [1.29, 1.82) is 0 Å². The lowest BCUT2D eigenvalue weighted by molar-refractivity contribution is 1.18. The number of benzene rings is 4. The van der Waals surface area contributed by atoms with Gasteiger partial charge in [-0.3, -0.25) is 0 Å². The van der Waals surface area contributed by atoms with Gasteiger partial charge in [-0.1, -0.05) is 84.9 Å². The van der Waals surface area contributed by atoms with Crippen LogP contribution in [-0.2, 0) is 0 Å². The molecule has 26 heavy (non-hydrogen) atoms. The quantitative estimate of drug-likeness (QED) is 0.389. The Hall–Kier alpha value is -3.52. The second-order valence-electron chi connectivity index (χ2n) is 6.35. The molecule has 0 aliphatic heterocycles. The molecule has 0 radical (unpaired) electrons. The van der Waals surface area contributed by atoms with Gasteiger partial charge in [0.15, 0.2) is 5.82 Å². The Morgan fingerprint density at radius 1 is 0.462 bits per heavy atom. The smallest absolute Gasteiger partial charge is 0.159 e. The molecule has 0 aliphatic rings. The maximum atomic E-state index is 4.67. The summed E-state index contributed by atoms with van der Waals surface area (Å²) in [4.78, 5) is 9.34. The standard InChI is InChI=1S/C24H16N2/c1-3-11-20-17(7-1)9-5-13-22(20)19-15-25-24(26-16-19)23-14-6-10-18-8-2-4-12-21(18)23/h1-16H. The number of fused-ring (bicyclic) bond motifs is 2. The van der Waals surface area contributed by atoms with E-state index in [1.807, 2.05) is 12.4 Å². The van der Waals surface area contributed by atoms with Gasteiger partial charge in [0.2, 0.25) is 0 Å². The van der Waals surface area contributed by atoms with Crippen molar-refractivity contribution in [2.24, 2.45) is 0 Å². The van der Waals surface area contributed by atoms with E-state index in [-0.39, 0.29) is 0 Å². The third-order valence-electron chi connectivity index (χ3n) is 4.78. The third kappa shape index (κ3) is 2.44. The normalized spacial score (nSPS) is 11.1. The third-order valence-corrected chi connectivity index (χ3v) is 4.78. The molecule has 2 heteroatoms. The van der Waals surface area contributed by atoms with Crippen molar-refractivity contribution in [3.8, 4) is 22.5 Å². The summed E-state index contributed by atoms with van der Waals surface area (Å²) in [6.07, 6.45) is 3.84. The SMILES string of the molecule is c1ccc2c(-c3cnc(-c4cccc5ccccc45)nc3)cccc2c1. The number of hydrogen-bond donors (Lipinski definition) is 0. The molecule has 0 atom stereocenters. The molecule has 1 heterocycles. The Morgan fingerprint density at radius 3 is 1.62 bits per heavy atom. The van der Waals surface area contributed by atoms with Crippen LogP contribution in [0.5, 0.6) is 0 Å². The lowest BCUT2D eigenvalue weighted by atomic mass is 10.00. The van der Waals surface area contributed by atoms with Gasteiger partial charge in [-0.15, -0.1) is 0 Å². The maximum Gasteiger partial charge on any atom is 0.159 e. The molecule has 1 aromatic heterocycles. The number of hydrogen-bond acceptors (Lipinski definition) is 2. The van der Waals surface area contributed by atoms with E-state index in [0.717, 1.165) is 22.5 Å². The van der Waals surface area contributed by atoms with E-state index in [2.05, 4.69) is 94.9 Å². The molecule has 5 aromatic rings. The van der Waals surface area contributed by atoms with Gasteiger partial charge >= 0.3 is 0 Å². The van der Waals surface area contributed by atoms with Crippen LogP contribution in [0, 0.1) is 0 Å². The van der Waals surface area contributed by atoms with Gasteiger partial charge < -0.3 is 0 Å². The predicted octanol–water partition coefficient (Wildman–Crippen LogP) is 6.12. The first-order chi connectivity index (χ1) is 12.9. The first kappa shape index (κ1) is 14.8. The van der Waals surface area contributed by atoms with E-state index >= 15 is 0 Å². The van der Waals surface area contributed by atoms with Gasteiger partial charge in [0, 0.05) is 23.5 Å². The minimum Gasteiger partial charge on any atom is -0.236 e. The molecule has 0 fully saturated rings. The lowest BCUT2D eigenvalue weighted by Crippen LogP contribution is -1.91. The number of aromatic nitrogens is 2. The van der Waals surface area contributed by atoms with Crippen molar-refractivity contribution >= 4 is 21.5 Å². The van der Waals surface area contributed by atoms with Crippen molar-refractivity contribution in [2.45, 2.75) is 0 Å². The van der Waals surface area contributed by atoms with E-state index in [1.54, 1.807) is 0 Å². The van der Waals surface area contributed by atoms with Crippen LogP contribution < -0.4 is 0 Å². The Labute approximate surface area is 151 Å². The fourth-order valence-electron chi connectivity index (χ4n) is 3.50. The first-order valence-electron chi connectivity index (χ1n) is 8.68. The van der Waals surface area contributed by atoms with E-state index in [4.69, 9.17) is 0 Å². The van der Waals surface area contributed by atoms with Crippen molar-refractivity contribution in [1.82, 2.24) is 9.97 Å². The molecular weight excluding hydrogens is 316 g/mol. The number of nitrogens with zero attached hydrogens (tertiary/aromatic N) is 2. The van der Waals surface area contributed by atoms with Gasteiger partial charge in [-0.05, 0) is 27.1 Å². The van der Waals surface area contributed by atoms with Gasteiger partial charge in [0.05, 0.1) is 0 Å². The van der Waals surface area contributed by atoms with Crippen LogP contribution >= 0.6 is 0 Å². The molecule has 0 bridgehead atoms. The summed E-state index contributed by atoms with van der Waals surface area (Å²) in [5.41, 5.74) is 3.26. The van der Waals surface area contributed by atoms with Crippen molar-refractivity contribution in [3.05, 3.63) is 97.3 Å². The molecule has 0 N–H and O–H groups in total. The van der Waals surface area contributed by atoms with Crippen LogP contribution in [0.3, 0.4) is 0 Å². The van der Waals surface area contributed by atoms with Crippen molar-refractivity contribution < 1.29 is 0 Å². The molecule has 0 unspecified atom stereocenters. The fourth-order valence-corrected chi connectivity index (χ4v) is 3.50. The summed E-state index contributed by atoms with van der Waals surface area (Å²) in [6, 6.07) is 29.3. The van der Waals surface area contributed by atoms with Gasteiger partial charge in [0.1, 0.15) is 0 Å². The van der Waals surface area contributed by atoms with Crippen LogP contribution in [0.25, 0.3) is 44.1 Å². The zero-order valence-electron chi connectivity index (χ0n) is 14.1. The molecule has 2 nitrogen and oxygen atoms in total. The van der Waals surface area contributed by atoms with E-state index in [0.29, 0.717) is 0 Å². The monoisotopic (exact) mass is 332 g/mol. The van der Waals surface area contributed by atoms with Crippen LogP contribution in [-0.4, -0.2) is 9.97 Å². The second kappa shape index (κ2) is 6.08. The molecule has 0 saturated carbocycles. The summed E-state index contributed by atoms with van der Waals surface area (Å²) in [7, 11) is 0. The second-order valence-corrected chi connectivity index (χ2v) is 6.35. The molecule has 4 aromatic carbocycles. The number of rotatable bonds is 2. The molecular formula is C24H16N2. The summed E-state index contributed by atoms with van der Waals surface area (Å²) >= 11 is 0. The minimum atomic E-state index is 0.755. The van der Waals surface area contributed by atoms with E-state index < -0.39 is 0 Å². The fraction of sp³-hybridized carbons (Fsp3) is 0. The zero-order valence-corrected chi connectivity index (χ0v) is 14.1. The maximum absolute atomic E-state index is 4.67. The molecule has 0 amide bonds. The Kier molecular flexibility index (Phi) is 3.46. The molecule has 122 valence electrons. The molecule has 0 aliphatic carbocycles. The average Bonchev–Trinajstić information content (AvgIpc) is 2.73. The van der Waals surface area contributed by atoms with Gasteiger partial charge in [-0.25, -0.2) is 9.97 Å². The zero-order chi connectivity index (χ0) is 17.3. The summed E-state index contributed by atoms with van der Waals surface area (Å²) in [6.45, 7) is 0. The van der Waals surface area contributed by atoms with E-state index in [9.17, 15) is 0 Å². The van der Waals surface area contributed by atoms with Crippen LogP contribution in [0.1, 0.15) is 0 Å². The average molecular weight is 332 g/mol. The highest BCUT2D eigenvalue weighted by Crippen LogP contribution is 2.30. The largest absolute Gasteiger partial charge is 0.236 e. The van der Waals surface area contributed by atoms with Gasteiger partial charge in [-0.2, -0.15) is 0 Å². The summed E-state index contributed by atoms with van der Waals surface area (Å²) < 4.78 is 0. The van der Waals surface area contributed by atoms with E-state index in [1.165, 1.54) is 21.5 Å². The summed E-state index contributed by atoms with van der Waals surface area (Å²) in [5.74, 6) is 0.755. The van der Waals surface area contributed by atoms with Crippen LogP contribution in [0.4, 0.5) is 0 Å². The Morgan fingerprint density at radius 2 is 0.962 bits per heavy atom. The van der Waals surface area contributed by atoms with Gasteiger partial charge in [0.25, 0.3) is 0 Å². The Balaban J connectivity index is 1.63. The van der Waals surface area contributed by atoms with Crippen LogP contribution in [0.15, 0.2) is 97.3 Å². The minimum absolute atomic E-state index is 0.755.